The topological polar surface area (TPSA) is 95.4 Å². The number of para-hydroxylation sites is 2. The molecule has 0 spiro atoms. The van der Waals surface area contributed by atoms with E-state index in [2.05, 4.69) is 0 Å². The third-order valence-electron chi connectivity index (χ3n) is 2.62. The van der Waals surface area contributed by atoms with Crippen LogP contribution >= 0.6 is 11.8 Å². The molecule has 2 aromatic carbocycles. The van der Waals surface area contributed by atoms with Crippen molar-refractivity contribution < 1.29 is 13.2 Å². The molecule has 0 saturated carbocycles. The fraction of sp³-hybridized carbons (Fsp3) is 0.0769. The number of ether oxygens (including phenoxy) is 1. The second-order valence-corrected chi connectivity index (χ2v) is 6.34. The maximum absolute atomic E-state index is 11.4. The average Bonchev–Trinajstić information content (AvgIpc) is 2.40. The Bertz CT molecular complexity index is 730. The van der Waals surface area contributed by atoms with E-state index >= 15 is 0 Å². The molecule has 0 fully saturated rings. The zero-order valence-electron chi connectivity index (χ0n) is 10.7. The molecule has 0 aromatic heterocycles. The summed E-state index contributed by atoms with van der Waals surface area (Å²) in [6.07, 6.45) is 1.92. The summed E-state index contributed by atoms with van der Waals surface area (Å²) < 4.78 is 28.5. The molecule has 5 nitrogen and oxygen atoms in total. The predicted octanol–water partition coefficient (Wildman–Crippen LogP) is 2.43. The summed E-state index contributed by atoms with van der Waals surface area (Å²) in [5, 5.41) is 5.11. The molecule has 106 valence electrons. The van der Waals surface area contributed by atoms with Crippen LogP contribution in [0.15, 0.2) is 52.3 Å². The van der Waals surface area contributed by atoms with Crippen LogP contribution in [0.1, 0.15) is 0 Å². The van der Waals surface area contributed by atoms with Gasteiger partial charge in [-0.15, -0.1) is 11.8 Å². The van der Waals surface area contributed by atoms with Crippen molar-refractivity contribution in [1.82, 2.24) is 0 Å². The Hall–Kier alpha value is -1.70. The second-order valence-electron chi connectivity index (χ2n) is 3.97. The van der Waals surface area contributed by atoms with E-state index in [1.54, 1.807) is 12.1 Å². The molecule has 2 aromatic rings. The smallest absolute Gasteiger partial charge is 0.240 e. The minimum absolute atomic E-state index is 0.00547. The van der Waals surface area contributed by atoms with Gasteiger partial charge >= 0.3 is 0 Å². The summed E-state index contributed by atoms with van der Waals surface area (Å²) in [7, 11) is -3.87. The minimum Gasteiger partial charge on any atom is -0.454 e. The lowest BCUT2D eigenvalue weighted by Gasteiger charge is -2.13. The lowest BCUT2D eigenvalue weighted by molar-refractivity contribution is 0.472. The Kier molecular flexibility index (Phi) is 4.22. The first kappa shape index (κ1) is 14.7. The lowest BCUT2D eigenvalue weighted by atomic mass is 10.3. The van der Waals surface area contributed by atoms with Crippen molar-refractivity contribution in [2.75, 3.05) is 12.0 Å². The first-order valence-electron chi connectivity index (χ1n) is 5.65. The molecule has 0 aliphatic carbocycles. The molecule has 0 atom stereocenters. The van der Waals surface area contributed by atoms with Gasteiger partial charge < -0.3 is 10.5 Å². The Balaban J connectivity index is 2.45. The van der Waals surface area contributed by atoms with Crippen molar-refractivity contribution in [3.63, 3.8) is 0 Å². The van der Waals surface area contributed by atoms with Gasteiger partial charge in [0.1, 0.15) is 10.6 Å². The van der Waals surface area contributed by atoms with Gasteiger partial charge in [-0.1, -0.05) is 18.2 Å². The van der Waals surface area contributed by atoms with Gasteiger partial charge in [0.05, 0.1) is 5.69 Å². The highest BCUT2D eigenvalue weighted by Gasteiger charge is 2.16. The van der Waals surface area contributed by atoms with Gasteiger partial charge in [0.25, 0.3) is 0 Å². The second kappa shape index (κ2) is 5.74. The quantitative estimate of drug-likeness (QED) is 0.668. The Labute approximate surface area is 122 Å². The molecule has 0 heterocycles. The number of nitrogens with two attached hydrogens (primary N) is 2. The van der Waals surface area contributed by atoms with E-state index in [0.29, 0.717) is 5.75 Å². The fourth-order valence-corrected chi connectivity index (χ4v) is 2.88. The van der Waals surface area contributed by atoms with Crippen molar-refractivity contribution in [2.45, 2.75) is 9.79 Å². The van der Waals surface area contributed by atoms with Gasteiger partial charge in [0.2, 0.25) is 10.0 Å². The number of nitrogen functional groups attached to an aromatic ring is 1. The highest BCUT2D eigenvalue weighted by molar-refractivity contribution is 7.98. The number of thioether (sulfide) groups is 1. The fourth-order valence-electron chi connectivity index (χ4n) is 1.68. The number of hydrogen-bond acceptors (Lipinski definition) is 5. The summed E-state index contributed by atoms with van der Waals surface area (Å²) in [4.78, 5) is 0.782. The minimum atomic E-state index is -3.87. The molecule has 0 radical (unpaired) electrons. The molecule has 0 amide bonds. The largest absolute Gasteiger partial charge is 0.454 e. The van der Waals surface area contributed by atoms with Crippen LogP contribution in [-0.4, -0.2) is 14.7 Å². The maximum atomic E-state index is 11.4. The summed E-state index contributed by atoms with van der Waals surface area (Å²) >= 11 is 1.52. The van der Waals surface area contributed by atoms with E-state index in [4.69, 9.17) is 15.6 Å². The van der Waals surface area contributed by atoms with Gasteiger partial charge in [0.15, 0.2) is 5.75 Å². The van der Waals surface area contributed by atoms with Crippen molar-refractivity contribution >= 4 is 27.5 Å². The van der Waals surface area contributed by atoms with E-state index in [1.807, 2.05) is 24.5 Å². The summed E-state index contributed by atoms with van der Waals surface area (Å²) in [6, 6.07) is 11.9. The summed E-state index contributed by atoms with van der Waals surface area (Å²) in [6.45, 7) is 0. The van der Waals surface area contributed by atoms with Crippen LogP contribution in [0.4, 0.5) is 5.69 Å². The molecule has 0 bridgehead atoms. The first-order chi connectivity index (χ1) is 9.43. The van der Waals surface area contributed by atoms with Gasteiger partial charge in [0, 0.05) is 4.90 Å². The van der Waals surface area contributed by atoms with Crippen molar-refractivity contribution in [3.05, 3.63) is 42.5 Å². The van der Waals surface area contributed by atoms with E-state index in [1.165, 1.54) is 23.9 Å². The van der Waals surface area contributed by atoms with Crippen LogP contribution in [0.25, 0.3) is 0 Å². The highest BCUT2D eigenvalue weighted by Crippen LogP contribution is 2.35. The normalized spacial score (nSPS) is 11.3. The molecule has 0 aliphatic rings. The molecular weight excluding hydrogens is 296 g/mol. The highest BCUT2D eigenvalue weighted by atomic mass is 32.2. The number of benzene rings is 2. The standard InChI is InChI=1S/C13H14N2O3S2/c1-19-11-7-3-2-5-9(11)18-10-6-4-8-12(13(10)14)20(15,16)17/h2-8H,14H2,1H3,(H2,15,16,17). The number of rotatable bonds is 4. The third-order valence-corrected chi connectivity index (χ3v) is 4.37. The molecule has 0 saturated heterocycles. The van der Waals surface area contributed by atoms with E-state index in [0.717, 1.165) is 4.90 Å². The van der Waals surface area contributed by atoms with Crippen LogP contribution in [0.5, 0.6) is 11.5 Å². The van der Waals surface area contributed by atoms with Gasteiger partial charge in [-0.3, -0.25) is 0 Å². The molecule has 4 N–H and O–H groups in total. The van der Waals surface area contributed by atoms with Crippen LogP contribution < -0.4 is 15.6 Å². The average molecular weight is 310 g/mol. The molecule has 7 heteroatoms. The zero-order chi connectivity index (χ0) is 14.8. The SMILES string of the molecule is CSc1ccccc1Oc1cccc(S(N)(=O)=O)c1N. The summed E-state index contributed by atoms with van der Waals surface area (Å²) in [5.74, 6) is 0.872. The van der Waals surface area contributed by atoms with Crippen LogP contribution in [0, 0.1) is 0 Å². The molecule has 0 aliphatic heterocycles. The lowest BCUT2D eigenvalue weighted by Crippen LogP contribution is -2.14. The summed E-state index contributed by atoms with van der Waals surface area (Å²) in [5.41, 5.74) is 5.82. The van der Waals surface area contributed by atoms with E-state index < -0.39 is 10.0 Å². The number of hydrogen-bond donors (Lipinski definition) is 2. The first-order valence-corrected chi connectivity index (χ1v) is 8.42. The van der Waals surface area contributed by atoms with E-state index in [-0.39, 0.29) is 16.3 Å². The molecular formula is C13H14N2O3S2. The van der Waals surface area contributed by atoms with Crippen LogP contribution in [-0.2, 0) is 10.0 Å². The predicted molar refractivity (Wildman–Crippen MR) is 80.5 cm³/mol. The maximum Gasteiger partial charge on any atom is 0.240 e. The molecule has 20 heavy (non-hydrogen) atoms. The monoisotopic (exact) mass is 310 g/mol. The Morgan fingerprint density at radius 3 is 2.35 bits per heavy atom. The Morgan fingerprint density at radius 2 is 1.70 bits per heavy atom. The number of sulfonamides is 1. The number of anilines is 1. The van der Waals surface area contributed by atoms with E-state index in [9.17, 15) is 8.42 Å². The van der Waals surface area contributed by atoms with Crippen molar-refractivity contribution in [1.29, 1.82) is 0 Å². The van der Waals surface area contributed by atoms with Crippen LogP contribution in [0.3, 0.4) is 0 Å². The van der Waals surface area contributed by atoms with Gasteiger partial charge in [-0.2, -0.15) is 0 Å². The van der Waals surface area contributed by atoms with Crippen molar-refractivity contribution in [3.8, 4) is 11.5 Å². The van der Waals surface area contributed by atoms with Gasteiger partial charge in [-0.25, -0.2) is 13.6 Å². The van der Waals surface area contributed by atoms with Crippen molar-refractivity contribution in [2.24, 2.45) is 5.14 Å². The Morgan fingerprint density at radius 1 is 1.05 bits per heavy atom. The van der Waals surface area contributed by atoms with Gasteiger partial charge in [-0.05, 0) is 30.5 Å². The molecule has 0 unspecified atom stereocenters. The number of primary sulfonamides is 1. The zero-order valence-corrected chi connectivity index (χ0v) is 12.4. The third kappa shape index (κ3) is 3.06. The van der Waals surface area contributed by atoms with Crippen LogP contribution in [0.2, 0.25) is 0 Å². The molecule has 2 rings (SSSR count).